The molecular weight excluding hydrogens is 424 g/mol. The van der Waals surface area contributed by atoms with Crippen molar-refractivity contribution in [2.45, 2.75) is 19.4 Å². The molecule has 2 heterocycles. The van der Waals surface area contributed by atoms with E-state index in [9.17, 15) is 19.5 Å². The number of rotatable bonds is 6. The zero-order chi connectivity index (χ0) is 22.9. The van der Waals surface area contributed by atoms with Crippen LogP contribution in [0.4, 0.5) is 0 Å². The highest BCUT2D eigenvalue weighted by molar-refractivity contribution is 7.21. The molecule has 0 aliphatic carbocycles. The number of nitrogens with one attached hydrogen (secondary N) is 1. The summed E-state index contributed by atoms with van der Waals surface area (Å²) in [6.45, 7) is 3.12. The van der Waals surface area contributed by atoms with Crippen LogP contribution >= 0.6 is 11.3 Å². The number of amides is 1. The molecule has 0 aliphatic rings. The van der Waals surface area contributed by atoms with Crippen LogP contribution in [0.25, 0.3) is 15.9 Å². The molecule has 1 amide bonds. The molecular formula is C25H22N2O4S. The second-order valence-corrected chi connectivity index (χ2v) is 9.06. The fourth-order valence-corrected chi connectivity index (χ4v) is 4.63. The van der Waals surface area contributed by atoms with E-state index in [0.29, 0.717) is 21.5 Å². The van der Waals surface area contributed by atoms with Gasteiger partial charge in [0.1, 0.15) is 9.71 Å². The van der Waals surface area contributed by atoms with Crippen molar-refractivity contribution in [2.24, 2.45) is 0 Å². The van der Waals surface area contributed by atoms with Gasteiger partial charge in [0.05, 0.1) is 23.4 Å². The lowest BCUT2D eigenvalue weighted by molar-refractivity contribution is 0.0868. The monoisotopic (exact) mass is 446 g/mol. The first-order chi connectivity index (χ1) is 15.3. The Labute approximate surface area is 188 Å². The van der Waals surface area contributed by atoms with Gasteiger partial charge in [-0.25, -0.2) is 0 Å². The van der Waals surface area contributed by atoms with Crippen LogP contribution in [0.5, 0.6) is 0 Å². The number of carbonyl (C=O) groups excluding carboxylic acids is 2. The molecule has 2 aromatic carbocycles. The lowest BCUT2D eigenvalue weighted by Crippen LogP contribution is -2.46. The zero-order valence-corrected chi connectivity index (χ0v) is 18.5. The summed E-state index contributed by atoms with van der Waals surface area (Å²) in [5, 5.41) is 12.9. The molecule has 0 saturated carbocycles. The summed E-state index contributed by atoms with van der Waals surface area (Å²) in [7, 11) is 0. The van der Waals surface area contributed by atoms with Crippen molar-refractivity contribution in [3.63, 3.8) is 0 Å². The molecule has 0 spiro atoms. The zero-order valence-electron chi connectivity index (χ0n) is 17.7. The number of carbonyl (C=O) groups is 2. The molecule has 4 rings (SSSR count). The van der Waals surface area contributed by atoms with E-state index in [-0.39, 0.29) is 28.4 Å². The van der Waals surface area contributed by atoms with E-state index in [1.54, 1.807) is 56.3 Å². The van der Waals surface area contributed by atoms with Gasteiger partial charge in [-0.2, -0.15) is 0 Å². The molecule has 2 N–H and O–H groups in total. The number of nitrogens with zero attached hydrogens (tertiary/aromatic N) is 1. The standard InChI is InChI=1S/C25H22N2O4S/c1-25(2,15-28)26-23(31)22-20(21(30)16-9-5-3-6-10-16)18-13-14-19(29)27(24(18)32-22)17-11-7-4-8-12-17/h3-14,28H,15H2,1-2H3,(H,26,31). The fourth-order valence-electron chi connectivity index (χ4n) is 3.43. The van der Waals surface area contributed by atoms with Crippen LogP contribution in [0.15, 0.2) is 77.6 Å². The van der Waals surface area contributed by atoms with Gasteiger partial charge in [-0.15, -0.1) is 11.3 Å². The molecule has 0 aliphatic heterocycles. The molecule has 7 heteroatoms. The summed E-state index contributed by atoms with van der Waals surface area (Å²) in [4.78, 5) is 40.2. The van der Waals surface area contributed by atoms with Crippen molar-refractivity contribution in [1.29, 1.82) is 0 Å². The third-order valence-corrected chi connectivity index (χ3v) is 6.26. The quantitative estimate of drug-likeness (QED) is 0.441. The van der Waals surface area contributed by atoms with Crippen LogP contribution in [0.1, 0.15) is 39.4 Å². The van der Waals surface area contributed by atoms with Crippen molar-refractivity contribution in [1.82, 2.24) is 9.88 Å². The topological polar surface area (TPSA) is 88.4 Å². The largest absolute Gasteiger partial charge is 0.394 e. The molecule has 162 valence electrons. The van der Waals surface area contributed by atoms with Crippen molar-refractivity contribution in [3.8, 4) is 5.69 Å². The van der Waals surface area contributed by atoms with Gasteiger partial charge >= 0.3 is 0 Å². The first-order valence-electron chi connectivity index (χ1n) is 10.1. The van der Waals surface area contributed by atoms with Gasteiger partial charge in [0.25, 0.3) is 11.5 Å². The van der Waals surface area contributed by atoms with Gasteiger partial charge in [0, 0.05) is 17.0 Å². The van der Waals surface area contributed by atoms with Crippen LogP contribution in [0.2, 0.25) is 0 Å². The fraction of sp³-hybridized carbons (Fsp3) is 0.160. The van der Waals surface area contributed by atoms with Gasteiger partial charge in [0.15, 0.2) is 5.78 Å². The lowest BCUT2D eigenvalue weighted by Gasteiger charge is -2.23. The summed E-state index contributed by atoms with van der Waals surface area (Å²) >= 11 is 1.09. The van der Waals surface area contributed by atoms with E-state index in [2.05, 4.69) is 5.32 Å². The molecule has 0 radical (unpaired) electrons. The van der Waals surface area contributed by atoms with Crippen LogP contribution < -0.4 is 10.9 Å². The smallest absolute Gasteiger partial charge is 0.262 e. The second-order valence-electron chi connectivity index (χ2n) is 8.06. The number of aromatic nitrogens is 1. The minimum atomic E-state index is -0.876. The van der Waals surface area contributed by atoms with Gasteiger partial charge < -0.3 is 10.4 Å². The maximum Gasteiger partial charge on any atom is 0.262 e. The predicted octanol–water partition coefficient (Wildman–Crippen LogP) is 3.78. The summed E-state index contributed by atoms with van der Waals surface area (Å²) < 4.78 is 1.51. The number of thiophene rings is 1. The number of hydrogen-bond acceptors (Lipinski definition) is 5. The van der Waals surface area contributed by atoms with Crippen LogP contribution in [-0.4, -0.2) is 33.5 Å². The van der Waals surface area contributed by atoms with E-state index in [1.807, 2.05) is 24.3 Å². The Kier molecular flexibility index (Phi) is 5.78. The van der Waals surface area contributed by atoms with E-state index >= 15 is 0 Å². The molecule has 2 aromatic heterocycles. The number of ketones is 1. The summed E-state index contributed by atoms with van der Waals surface area (Å²) in [5.74, 6) is -0.779. The summed E-state index contributed by atoms with van der Waals surface area (Å²) in [6.07, 6.45) is 0. The third-order valence-electron chi connectivity index (χ3n) is 5.07. The van der Waals surface area contributed by atoms with E-state index in [4.69, 9.17) is 0 Å². The summed E-state index contributed by atoms with van der Waals surface area (Å²) in [5.41, 5.74) is 0.198. The molecule has 0 fully saturated rings. The maximum absolute atomic E-state index is 13.5. The van der Waals surface area contributed by atoms with Gasteiger partial charge in [-0.3, -0.25) is 19.0 Å². The highest BCUT2D eigenvalue weighted by Gasteiger charge is 2.29. The number of hydrogen-bond donors (Lipinski definition) is 2. The van der Waals surface area contributed by atoms with Crippen LogP contribution in [-0.2, 0) is 0 Å². The van der Waals surface area contributed by atoms with E-state index in [1.165, 1.54) is 10.6 Å². The molecule has 32 heavy (non-hydrogen) atoms. The molecule has 0 atom stereocenters. The maximum atomic E-state index is 13.5. The molecule has 0 saturated heterocycles. The second kappa shape index (κ2) is 8.53. The summed E-state index contributed by atoms with van der Waals surface area (Å²) in [6, 6.07) is 20.8. The number of aliphatic hydroxyl groups excluding tert-OH is 1. The Morgan fingerprint density at radius 3 is 2.22 bits per heavy atom. The third kappa shape index (κ3) is 4.00. The van der Waals surface area contributed by atoms with Gasteiger partial charge in [-0.1, -0.05) is 48.5 Å². The number of para-hydroxylation sites is 1. The number of fused-ring (bicyclic) bond motifs is 1. The Morgan fingerprint density at radius 2 is 1.59 bits per heavy atom. The first kappa shape index (κ1) is 21.7. The van der Waals surface area contributed by atoms with Gasteiger partial charge in [0.2, 0.25) is 0 Å². The SMILES string of the molecule is CC(C)(CO)NC(=O)c1sc2c(ccc(=O)n2-c2ccccc2)c1C(=O)c1ccccc1. The van der Waals surface area contributed by atoms with Crippen molar-refractivity contribution in [3.05, 3.63) is 99.2 Å². The Bertz CT molecular complexity index is 1360. The number of benzene rings is 2. The van der Waals surface area contributed by atoms with E-state index < -0.39 is 11.4 Å². The normalized spacial score (nSPS) is 11.5. The van der Waals surface area contributed by atoms with Crippen LogP contribution in [0.3, 0.4) is 0 Å². The van der Waals surface area contributed by atoms with Crippen molar-refractivity contribution < 1.29 is 14.7 Å². The van der Waals surface area contributed by atoms with Crippen LogP contribution in [0, 0.1) is 0 Å². The molecule has 6 nitrogen and oxygen atoms in total. The minimum Gasteiger partial charge on any atom is -0.394 e. The Hall–Kier alpha value is -3.55. The number of aliphatic hydroxyl groups is 1. The number of pyridine rings is 1. The first-order valence-corrected chi connectivity index (χ1v) is 10.9. The highest BCUT2D eigenvalue weighted by atomic mass is 32.1. The average Bonchev–Trinajstić information content (AvgIpc) is 3.19. The average molecular weight is 447 g/mol. The molecule has 0 unspecified atom stereocenters. The van der Waals surface area contributed by atoms with Crippen molar-refractivity contribution in [2.75, 3.05) is 6.61 Å². The lowest BCUT2D eigenvalue weighted by atomic mass is 10.00. The highest BCUT2D eigenvalue weighted by Crippen LogP contribution is 2.34. The molecule has 0 bridgehead atoms. The Balaban J connectivity index is 2.00. The van der Waals surface area contributed by atoms with Gasteiger partial charge in [-0.05, 0) is 32.0 Å². The minimum absolute atomic E-state index is 0.200. The van der Waals surface area contributed by atoms with Crippen molar-refractivity contribution >= 4 is 33.2 Å². The van der Waals surface area contributed by atoms with E-state index in [0.717, 1.165) is 11.3 Å². The Morgan fingerprint density at radius 1 is 0.969 bits per heavy atom. The molecule has 4 aromatic rings. The predicted molar refractivity (Wildman–Crippen MR) is 126 cm³/mol.